The van der Waals surface area contributed by atoms with E-state index in [1.807, 2.05) is 11.4 Å². The van der Waals surface area contributed by atoms with Crippen molar-refractivity contribution in [1.82, 2.24) is 0 Å². The van der Waals surface area contributed by atoms with Gasteiger partial charge in [-0.25, -0.2) is 4.39 Å². The summed E-state index contributed by atoms with van der Waals surface area (Å²) in [4.78, 5) is 3.40. The van der Waals surface area contributed by atoms with Crippen LogP contribution in [0.3, 0.4) is 0 Å². The molecule has 1 aromatic carbocycles. The average molecular weight is 279 g/mol. The molecule has 1 N–H and O–H groups in total. The summed E-state index contributed by atoms with van der Waals surface area (Å²) in [5.41, 5.74) is 1.53. The Balaban J connectivity index is 2.32. The normalized spacial score (nSPS) is 12.4. The summed E-state index contributed by atoms with van der Waals surface area (Å²) in [5, 5.41) is 11.9. The van der Waals surface area contributed by atoms with E-state index in [1.165, 1.54) is 17.0 Å². The van der Waals surface area contributed by atoms with Crippen molar-refractivity contribution in [2.45, 2.75) is 26.5 Å². The molecule has 0 aliphatic heterocycles. The van der Waals surface area contributed by atoms with Crippen molar-refractivity contribution in [3.63, 3.8) is 0 Å². The van der Waals surface area contributed by atoms with E-state index >= 15 is 0 Å². The van der Waals surface area contributed by atoms with Crippen molar-refractivity contribution in [3.8, 4) is 0 Å². The van der Waals surface area contributed by atoms with Crippen LogP contribution < -0.4 is 4.90 Å². The molecule has 1 atom stereocenters. The minimum atomic E-state index is -0.678. The molecule has 0 aliphatic rings. The van der Waals surface area contributed by atoms with Crippen LogP contribution in [0.2, 0.25) is 0 Å². The Hall–Kier alpha value is -1.39. The van der Waals surface area contributed by atoms with Gasteiger partial charge < -0.3 is 10.0 Å². The van der Waals surface area contributed by atoms with E-state index in [2.05, 4.69) is 17.9 Å². The zero-order valence-corrected chi connectivity index (χ0v) is 12.0. The molecule has 19 heavy (non-hydrogen) atoms. The minimum absolute atomic E-state index is 0.313. The van der Waals surface area contributed by atoms with E-state index in [-0.39, 0.29) is 5.82 Å². The quantitative estimate of drug-likeness (QED) is 0.895. The zero-order chi connectivity index (χ0) is 13.8. The van der Waals surface area contributed by atoms with Crippen molar-refractivity contribution < 1.29 is 9.50 Å². The van der Waals surface area contributed by atoms with E-state index < -0.39 is 6.10 Å². The number of rotatable bonds is 5. The largest absolute Gasteiger partial charge is 0.389 e. The Bertz CT molecular complexity index is 525. The van der Waals surface area contributed by atoms with Crippen LogP contribution in [0.25, 0.3) is 0 Å². The summed E-state index contributed by atoms with van der Waals surface area (Å²) in [7, 11) is 0. The Morgan fingerprint density at radius 2 is 2.16 bits per heavy atom. The number of hydrogen-bond acceptors (Lipinski definition) is 3. The molecule has 0 saturated heterocycles. The van der Waals surface area contributed by atoms with Gasteiger partial charge in [-0.15, -0.1) is 11.3 Å². The average Bonchev–Trinajstić information content (AvgIpc) is 2.89. The third-order valence-corrected chi connectivity index (χ3v) is 3.95. The smallest absolute Gasteiger partial charge is 0.123 e. The topological polar surface area (TPSA) is 23.5 Å². The van der Waals surface area contributed by atoms with Crippen LogP contribution in [0.15, 0.2) is 35.7 Å². The second-order valence-corrected chi connectivity index (χ2v) is 5.50. The summed E-state index contributed by atoms with van der Waals surface area (Å²) in [6, 6.07) is 8.71. The zero-order valence-electron chi connectivity index (χ0n) is 11.1. The molecule has 0 fully saturated rings. The second-order valence-electron chi connectivity index (χ2n) is 4.47. The van der Waals surface area contributed by atoms with Gasteiger partial charge in [-0.1, -0.05) is 6.07 Å². The van der Waals surface area contributed by atoms with Gasteiger partial charge in [-0.2, -0.15) is 0 Å². The van der Waals surface area contributed by atoms with Gasteiger partial charge in [0.1, 0.15) is 5.82 Å². The lowest BCUT2D eigenvalue weighted by Crippen LogP contribution is -2.23. The van der Waals surface area contributed by atoms with Crippen LogP contribution in [0.4, 0.5) is 10.1 Å². The van der Waals surface area contributed by atoms with Crippen LogP contribution >= 0.6 is 11.3 Å². The van der Waals surface area contributed by atoms with Gasteiger partial charge >= 0.3 is 0 Å². The first-order valence-electron chi connectivity index (χ1n) is 6.36. The van der Waals surface area contributed by atoms with E-state index in [0.29, 0.717) is 5.56 Å². The molecule has 1 aromatic heterocycles. The van der Waals surface area contributed by atoms with E-state index in [0.717, 1.165) is 18.8 Å². The molecule has 0 amide bonds. The molecule has 102 valence electrons. The molecule has 0 radical (unpaired) electrons. The standard InChI is InChI=1S/C15H18FNOS/c1-3-17(10-13-5-4-8-19-13)15-7-6-12(16)9-14(15)11(2)18/h4-9,11,18H,3,10H2,1-2H3. The van der Waals surface area contributed by atoms with Gasteiger partial charge in [0.2, 0.25) is 0 Å². The lowest BCUT2D eigenvalue weighted by molar-refractivity contribution is 0.199. The van der Waals surface area contributed by atoms with E-state index in [1.54, 1.807) is 24.3 Å². The van der Waals surface area contributed by atoms with Crippen molar-refractivity contribution >= 4 is 17.0 Å². The maximum Gasteiger partial charge on any atom is 0.123 e. The first-order valence-corrected chi connectivity index (χ1v) is 7.24. The van der Waals surface area contributed by atoms with Gasteiger partial charge in [0.25, 0.3) is 0 Å². The number of halogens is 1. The maximum absolute atomic E-state index is 13.3. The van der Waals surface area contributed by atoms with Crippen LogP contribution in [-0.4, -0.2) is 11.7 Å². The number of anilines is 1. The highest BCUT2D eigenvalue weighted by Gasteiger charge is 2.15. The van der Waals surface area contributed by atoms with Gasteiger partial charge in [0.05, 0.1) is 12.6 Å². The van der Waals surface area contributed by atoms with Crippen molar-refractivity contribution in [2.24, 2.45) is 0 Å². The molecule has 2 nitrogen and oxygen atoms in total. The number of aliphatic hydroxyl groups is 1. The van der Waals surface area contributed by atoms with Crippen LogP contribution in [-0.2, 0) is 6.54 Å². The molecular formula is C15H18FNOS. The molecule has 2 rings (SSSR count). The molecule has 1 unspecified atom stereocenters. The van der Waals surface area contributed by atoms with Gasteiger partial charge in [-0.05, 0) is 43.5 Å². The summed E-state index contributed by atoms with van der Waals surface area (Å²) in [6.45, 7) is 5.31. The van der Waals surface area contributed by atoms with Crippen LogP contribution in [0.1, 0.15) is 30.4 Å². The number of aliphatic hydroxyl groups excluding tert-OH is 1. The van der Waals surface area contributed by atoms with Crippen molar-refractivity contribution in [2.75, 3.05) is 11.4 Å². The molecule has 1 heterocycles. The van der Waals surface area contributed by atoms with Gasteiger partial charge in [-0.3, -0.25) is 0 Å². The molecule has 2 aromatic rings. The fraction of sp³-hybridized carbons (Fsp3) is 0.333. The Morgan fingerprint density at radius 3 is 2.74 bits per heavy atom. The predicted molar refractivity (Wildman–Crippen MR) is 78.1 cm³/mol. The summed E-state index contributed by atoms with van der Waals surface area (Å²) in [5.74, 6) is -0.313. The monoisotopic (exact) mass is 279 g/mol. The van der Waals surface area contributed by atoms with Crippen LogP contribution in [0.5, 0.6) is 0 Å². The minimum Gasteiger partial charge on any atom is -0.389 e. The lowest BCUT2D eigenvalue weighted by Gasteiger charge is -2.26. The first-order chi connectivity index (χ1) is 9.11. The van der Waals surface area contributed by atoms with Crippen LogP contribution in [0, 0.1) is 5.82 Å². The Morgan fingerprint density at radius 1 is 1.37 bits per heavy atom. The fourth-order valence-electron chi connectivity index (χ4n) is 2.11. The van der Waals surface area contributed by atoms with Crippen molar-refractivity contribution in [1.29, 1.82) is 0 Å². The molecule has 0 aliphatic carbocycles. The SMILES string of the molecule is CCN(Cc1cccs1)c1ccc(F)cc1C(C)O. The highest BCUT2D eigenvalue weighted by molar-refractivity contribution is 7.09. The summed E-state index contributed by atoms with van der Waals surface area (Å²) >= 11 is 1.70. The highest BCUT2D eigenvalue weighted by atomic mass is 32.1. The Labute approximate surface area is 117 Å². The molecular weight excluding hydrogens is 261 g/mol. The summed E-state index contributed by atoms with van der Waals surface area (Å²) < 4.78 is 13.3. The molecule has 4 heteroatoms. The molecule has 0 bridgehead atoms. The van der Waals surface area contributed by atoms with E-state index in [9.17, 15) is 9.50 Å². The van der Waals surface area contributed by atoms with Gasteiger partial charge in [0, 0.05) is 22.7 Å². The lowest BCUT2D eigenvalue weighted by atomic mass is 10.1. The van der Waals surface area contributed by atoms with Gasteiger partial charge in [0.15, 0.2) is 0 Å². The fourth-order valence-corrected chi connectivity index (χ4v) is 2.83. The third-order valence-electron chi connectivity index (χ3n) is 3.09. The molecule has 0 saturated carbocycles. The highest BCUT2D eigenvalue weighted by Crippen LogP contribution is 2.29. The maximum atomic E-state index is 13.3. The first kappa shape index (κ1) is 14.0. The number of hydrogen-bond donors (Lipinski definition) is 1. The van der Waals surface area contributed by atoms with E-state index in [4.69, 9.17) is 0 Å². The Kier molecular flexibility index (Phi) is 4.56. The predicted octanol–water partition coefficient (Wildman–Crippen LogP) is 3.97. The second kappa shape index (κ2) is 6.17. The number of benzene rings is 1. The number of thiophene rings is 1. The number of nitrogens with zero attached hydrogens (tertiary/aromatic N) is 1. The third kappa shape index (κ3) is 3.33. The summed E-state index contributed by atoms with van der Waals surface area (Å²) in [6.07, 6.45) is -0.678. The molecule has 0 spiro atoms. The van der Waals surface area contributed by atoms with Crippen molar-refractivity contribution in [3.05, 3.63) is 52.0 Å².